The minimum Gasteiger partial charge on any atom is -0.504 e. The Morgan fingerprint density at radius 2 is 2.35 bits per heavy atom. The van der Waals surface area contributed by atoms with Crippen LogP contribution in [0, 0.1) is 5.92 Å². The number of rotatable bonds is 4. The molecule has 2 N–H and O–H groups in total. The van der Waals surface area contributed by atoms with Crippen molar-refractivity contribution in [3.8, 4) is 11.5 Å². The van der Waals surface area contributed by atoms with Crippen LogP contribution in [0.1, 0.15) is 29.6 Å². The Bertz CT molecular complexity index is 538. The minimum atomic E-state index is -0.328. The molecule has 5 heteroatoms. The highest BCUT2D eigenvalue weighted by Gasteiger charge is 2.10. The smallest absolute Gasteiger partial charge is 0.271 e. The number of allylic oxidation sites excluding steroid dienone is 2. The van der Waals surface area contributed by atoms with Crippen LogP contribution >= 0.6 is 0 Å². The normalized spacial score (nSPS) is 18.1. The molecule has 1 atom stereocenters. The SMILES string of the molecule is COc1cc(C(=O)N/N=C\[C@@H]2CC=CCC2)ccc1O. The van der Waals surface area contributed by atoms with Gasteiger partial charge in [-0.15, -0.1) is 0 Å². The molecule has 0 heterocycles. The molecule has 0 spiro atoms. The van der Waals surface area contributed by atoms with Gasteiger partial charge in [0.2, 0.25) is 0 Å². The Hall–Kier alpha value is -2.30. The fraction of sp³-hybridized carbons (Fsp3) is 0.333. The predicted octanol–water partition coefficient (Wildman–Crippen LogP) is 2.47. The summed E-state index contributed by atoms with van der Waals surface area (Å²) in [6.45, 7) is 0. The molecule has 1 aliphatic rings. The van der Waals surface area contributed by atoms with Crippen molar-refractivity contribution in [2.75, 3.05) is 7.11 Å². The number of hydrogen-bond acceptors (Lipinski definition) is 4. The van der Waals surface area contributed by atoms with E-state index in [1.807, 2.05) is 0 Å². The molecule has 2 rings (SSSR count). The maximum absolute atomic E-state index is 11.9. The summed E-state index contributed by atoms with van der Waals surface area (Å²) >= 11 is 0. The molecule has 106 valence electrons. The first-order valence-corrected chi connectivity index (χ1v) is 6.56. The third-order valence-electron chi connectivity index (χ3n) is 3.20. The van der Waals surface area contributed by atoms with Crippen LogP contribution in [0.15, 0.2) is 35.5 Å². The van der Waals surface area contributed by atoms with Gasteiger partial charge in [-0.2, -0.15) is 5.10 Å². The van der Waals surface area contributed by atoms with Gasteiger partial charge in [-0.05, 0) is 43.4 Å². The van der Waals surface area contributed by atoms with Gasteiger partial charge < -0.3 is 9.84 Å². The van der Waals surface area contributed by atoms with E-state index in [0.717, 1.165) is 19.3 Å². The van der Waals surface area contributed by atoms with Crippen molar-refractivity contribution < 1.29 is 14.6 Å². The number of phenols is 1. The first-order chi connectivity index (χ1) is 9.70. The van der Waals surface area contributed by atoms with Crippen LogP contribution in [0.2, 0.25) is 0 Å². The Morgan fingerprint density at radius 3 is 3.05 bits per heavy atom. The maximum Gasteiger partial charge on any atom is 0.271 e. The lowest BCUT2D eigenvalue weighted by molar-refractivity contribution is 0.0954. The number of nitrogens with zero attached hydrogens (tertiary/aromatic N) is 1. The number of hydrogen-bond donors (Lipinski definition) is 2. The van der Waals surface area contributed by atoms with Crippen molar-refractivity contribution in [3.63, 3.8) is 0 Å². The zero-order chi connectivity index (χ0) is 14.4. The topological polar surface area (TPSA) is 70.9 Å². The molecule has 0 saturated heterocycles. The van der Waals surface area contributed by atoms with E-state index < -0.39 is 0 Å². The van der Waals surface area contributed by atoms with Crippen LogP contribution < -0.4 is 10.2 Å². The van der Waals surface area contributed by atoms with Gasteiger partial charge >= 0.3 is 0 Å². The molecule has 0 aliphatic heterocycles. The monoisotopic (exact) mass is 274 g/mol. The van der Waals surface area contributed by atoms with Gasteiger partial charge in [-0.3, -0.25) is 4.79 Å². The van der Waals surface area contributed by atoms with Crippen molar-refractivity contribution in [3.05, 3.63) is 35.9 Å². The number of aromatic hydroxyl groups is 1. The largest absolute Gasteiger partial charge is 0.504 e. The first kappa shape index (κ1) is 14.1. The fourth-order valence-electron chi connectivity index (χ4n) is 2.04. The number of phenolic OH excluding ortho intramolecular Hbond substituents is 1. The second kappa shape index (κ2) is 6.75. The summed E-state index contributed by atoms with van der Waals surface area (Å²) in [6.07, 6.45) is 9.15. The van der Waals surface area contributed by atoms with E-state index in [-0.39, 0.29) is 17.4 Å². The fourth-order valence-corrected chi connectivity index (χ4v) is 2.04. The Balaban J connectivity index is 1.94. The molecular formula is C15H18N2O3. The summed E-state index contributed by atoms with van der Waals surface area (Å²) in [5.74, 6) is 0.321. The van der Waals surface area contributed by atoms with E-state index in [4.69, 9.17) is 4.74 Å². The average Bonchev–Trinajstić information content (AvgIpc) is 2.48. The number of carbonyl (C=O) groups excluding carboxylic acids is 1. The summed E-state index contributed by atoms with van der Waals surface area (Å²) < 4.78 is 4.96. The van der Waals surface area contributed by atoms with Gasteiger partial charge in [-0.25, -0.2) is 5.43 Å². The minimum absolute atomic E-state index is 0.00143. The highest BCUT2D eigenvalue weighted by atomic mass is 16.5. The molecular weight excluding hydrogens is 256 g/mol. The van der Waals surface area contributed by atoms with Crippen molar-refractivity contribution in [2.24, 2.45) is 11.0 Å². The molecule has 1 aromatic carbocycles. The number of ether oxygens (including phenoxy) is 1. The predicted molar refractivity (Wildman–Crippen MR) is 77.1 cm³/mol. The quantitative estimate of drug-likeness (QED) is 0.503. The second-order valence-corrected chi connectivity index (χ2v) is 4.65. The van der Waals surface area contributed by atoms with Crippen LogP contribution in [-0.4, -0.2) is 24.3 Å². The first-order valence-electron chi connectivity index (χ1n) is 6.56. The zero-order valence-electron chi connectivity index (χ0n) is 11.4. The second-order valence-electron chi connectivity index (χ2n) is 4.65. The molecule has 1 aromatic rings. The average molecular weight is 274 g/mol. The molecule has 0 unspecified atom stereocenters. The lowest BCUT2D eigenvalue weighted by Crippen LogP contribution is -2.18. The van der Waals surface area contributed by atoms with Crippen LogP contribution in [-0.2, 0) is 0 Å². The molecule has 0 radical (unpaired) electrons. The van der Waals surface area contributed by atoms with Crippen LogP contribution in [0.3, 0.4) is 0 Å². The zero-order valence-corrected chi connectivity index (χ0v) is 11.4. The summed E-state index contributed by atoms with van der Waals surface area (Å²) in [6, 6.07) is 4.42. The van der Waals surface area contributed by atoms with Gasteiger partial charge in [0, 0.05) is 11.8 Å². The molecule has 5 nitrogen and oxygen atoms in total. The van der Waals surface area contributed by atoms with Gasteiger partial charge in [0.15, 0.2) is 11.5 Å². The molecule has 0 fully saturated rings. The lowest BCUT2D eigenvalue weighted by Gasteiger charge is -2.11. The lowest BCUT2D eigenvalue weighted by atomic mass is 9.96. The molecule has 0 aromatic heterocycles. The van der Waals surface area contributed by atoms with Gasteiger partial charge in [-0.1, -0.05) is 12.2 Å². The standard InChI is InChI=1S/C15H18N2O3/c1-20-14-9-12(7-8-13(14)18)15(19)17-16-10-11-5-3-2-4-6-11/h2-3,7-11,18H,4-6H2,1H3,(H,17,19)/b16-10-/t11-/m1/s1. The van der Waals surface area contributed by atoms with Crippen molar-refractivity contribution in [1.29, 1.82) is 0 Å². The van der Waals surface area contributed by atoms with E-state index in [1.54, 1.807) is 6.21 Å². The van der Waals surface area contributed by atoms with E-state index in [1.165, 1.54) is 25.3 Å². The van der Waals surface area contributed by atoms with E-state index >= 15 is 0 Å². The van der Waals surface area contributed by atoms with Crippen molar-refractivity contribution in [1.82, 2.24) is 5.43 Å². The maximum atomic E-state index is 11.9. The molecule has 1 amide bonds. The van der Waals surface area contributed by atoms with Gasteiger partial charge in [0.25, 0.3) is 5.91 Å². The number of benzene rings is 1. The van der Waals surface area contributed by atoms with Gasteiger partial charge in [0.1, 0.15) is 0 Å². The molecule has 1 aliphatic carbocycles. The number of hydrazone groups is 1. The number of nitrogens with one attached hydrogen (secondary N) is 1. The molecule has 0 bridgehead atoms. The Labute approximate surface area is 118 Å². The van der Waals surface area contributed by atoms with Crippen LogP contribution in [0.4, 0.5) is 0 Å². The van der Waals surface area contributed by atoms with Crippen LogP contribution in [0.5, 0.6) is 11.5 Å². The van der Waals surface area contributed by atoms with E-state index in [9.17, 15) is 9.90 Å². The van der Waals surface area contributed by atoms with Crippen molar-refractivity contribution in [2.45, 2.75) is 19.3 Å². The summed E-state index contributed by atoms with van der Waals surface area (Å²) in [5, 5.41) is 13.5. The molecule has 0 saturated carbocycles. The summed E-state index contributed by atoms with van der Waals surface area (Å²) in [5.41, 5.74) is 2.88. The van der Waals surface area contributed by atoms with E-state index in [0.29, 0.717) is 11.5 Å². The van der Waals surface area contributed by atoms with Crippen molar-refractivity contribution >= 4 is 12.1 Å². The number of methoxy groups -OCH3 is 1. The number of amides is 1. The Morgan fingerprint density at radius 1 is 1.50 bits per heavy atom. The molecule has 20 heavy (non-hydrogen) atoms. The van der Waals surface area contributed by atoms with Crippen LogP contribution in [0.25, 0.3) is 0 Å². The summed E-state index contributed by atoms with van der Waals surface area (Å²) in [4.78, 5) is 11.9. The van der Waals surface area contributed by atoms with E-state index in [2.05, 4.69) is 22.7 Å². The third-order valence-corrected chi connectivity index (χ3v) is 3.20. The third kappa shape index (κ3) is 3.60. The Kier molecular flexibility index (Phi) is 4.76. The highest BCUT2D eigenvalue weighted by Crippen LogP contribution is 2.26. The summed E-state index contributed by atoms with van der Waals surface area (Å²) in [7, 11) is 1.44. The van der Waals surface area contributed by atoms with Gasteiger partial charge in [0.05, 0.1) is 7.11 Å². The number of carbonyl (C=O) groups is 1. The highest BCUT2D eigenvalue weighted by molar-refractivity contribution is 5.95.